The van der Waals surface area contributed by atoms with E-state index in [1.165, 1.54) is 12.5 Å². The van der Waals surface area contributed by atoms with E-state index < -0.39 is 10.8 Å². The Kier molecular flexibility index (Phi) is 2.98. The van der Waals surface area contributed by atoms with Crippen LogP contribution in [0, 0.1) is 0 Å². The SMILES string of the molecule is C[S@](=O)c1ncc(Br)c(Cl)n1. The van der Waals surface area contributed by atoms with Gasteiger partial charge in [-0.25, -0.2) is 9.97 Å². The van der Waals surface area contributed by atoms with Crippen LogP contribution in [0.5, 0.6) is 0 Å². The van der Waals surface area contributed by atoms with Crippen LogP contribution in [-0.4, -0.2) is 20.4 Å². The molecule has 6 heteroatoms. The number of hydrogen-bond donors (Lipinski definition) is 0. The van der Waals surface area contributed by atoms with Gasteiger partial charge in [-0.05, 0) is 15.9 Å². The molecule has 0 bridgehead atoms. The Morgan fingerprint density at radius 2 is 2.36 bits per heavy atom. The summed E-state index contributed by atoms with van der Waals surface area (Å²) in [5.74, 6) is 0. The summed E-state index contributed by atoms with van der Waals surface area (Å²) in [5.41, 5.74) is 0. The predicted octanol–water partition coefficient (Wildman–Crippen LogP) is 1.63. The fourth-order valence-corrected chi connectivity index (χ4v) is 1.26. The zero-order chi connectivity index (χ0) is 8.43. The molecule has 0 aromatic carbocycles. The smallest absolute Gasteiger partial charge is 0.219 e. The van der Waals surface area contributed by atoms with Crippen LogP contribution in [0.15, 0.2) is 15.8 Å². The minimum Gasteiger partial charge on any atom is -0.251 e. The largest absolute Gasteiger partial charge is 0.251 e. The summed E-state index contributed by atoms with van der Waals surface area (Å²) in [4.78, 5) is 7.58. The standard InChI is InChI=1S/C5H4BrClN2OS/c1-11(10)5-8-2-3(6)4(7)9-5/h2H,1H3/t11-/m0/s1. The highest BCUT2D eigenvalue weighted by molar-refractivity contribution is 9.10. The van der Waals surface area contributed by atoms with E-state index in [2.05, 4.69) is 25.9 Å². The first-order valence-corrected chi connectivity index (χ1v) is 5.35. The van der Waals surface area contributed by atoms with Gasteiger partial charge in [0.25, 0.3) is 0 Å². The average Bonchev–Trinajstić information content (AvgIpc) is 1.94. The van der Waals surface area contributed by atoms with Crippen LogP contribution in [0.1, 0.15) is 0 Å². The molecular weight excluding hydrogens is 251 g/mol. The van der Waals surface area contributed by atoms with Crippen LogP contribution in [-0.2, 0) is 10.8 Å². The van der Waals surface area contributed by atoms with Crippen molar-refractivity contribution in [3.8, 4) is 0 Å². The highest BCUT2D eigenvalue weighted by atomic mass is 79.9. The lowest BCUT2D eigenvalue weighted by molar-refractivity contribution is 0.679. The quantitative estimate of drug-likeness (QED) is 0.566. The molecule has 1 aromatic heterocycles. The Morgan fingerprint density at radius 1 is 1.73 bits per heavy atom. The van der Waals surface area contributed by atoms with Crippen LogP contribution < -0.4 is 0 Å². The van der Waals surface area contributed by atoms with Crippen LogP contribution in [0.2, 0.25) is 5.15 Å². The Balaban J connectivity index is 3.15. The molecule has 11 heavy (non-hydrogen) atoms. The van der Waals surface area contributed by atoms with Gasteiger partial charge in [-0.2, -0.15) is 0 Å². The first kappa shape index (κ1) is 9.09. The molecule has 0 aliphatic rings. The first-order chi connectivity index (χ1) is 5.11. The second-order valence-corrected chi connectivity index (χ2v) is 4.23. The molecular formula is C5H4BrClN2OS. The normalized spacial score (nSPS) is 13.0. The Hall–Kier alpha value is -0.000000000000000111. The minimum absolute atomic E-state index is 0.248. The summed E-state index contributed by atoms with van der Waals surface area (Å²) < 4.78 is 11.4. The zero-order valence-electron chi connectivity index (χ0n) is 5.54. The molecule has 0 N–H and O–H groups in total. The lowest BCUT2D eigenvalue weighted by Gasteiger charge is -1.95. The molecule has 1 rings (SSSR count). The van der Waals surface area contributed by atoms with Crippen molar-refractivity contribution in [3.05, 3.63) is 15.8 Å². The van der Waals surface area contributed by atoms with E-state index in [1.807, 2.05) is 0 Å². The Bertz CT molecular complexity index is 307. The number of halogens is 2. The van der Waals surface area contributed by atoms with E-state index in [-0.39, 0.29) is 10.3 Å². The van der Waals surface area contributed by atoms with E-state index in [0.29, 0.717) is 4.47 Å². The predicted molar refractivity (Wildman–Crippen MR) is 47.1 cm³/mol. The molecule has 0 radical (unpaired) electrons. The van der Waals surface area contributed by atoms with Crippen molar-refractivity contribution < 1.29 is 4.21 Å². The van der Waals surface area contributed by atoms with Gasteiger partial charge in [-0.1, -0.05) is 11.6 Å². The maximum absolute atomic E-state index is 10.8. The second-order valence-electron chi connectivity index (χ2n) is 1.75. The highest BCUT2D eigenvalue weighted by Gasteiger charge is 2.04. The lowest BCUT2D eigenvalue weighted by Crippen LogP contribution is -1.96. The molecule has 0 saturated carbocycles. The van der Waals surface area contributed by atoms with E-state index in [4.69, 9.17) is 11.6 Å². The Labute approximate surface area is 79.8 Å². The third-order valence-corrected chi connectivity index (χ3v) is 2.74. The van der Waals surface area contributed by atoms with E-state index in [0.717, 1.165) is 0 Å². The molecule has 0 saturated heterocycles. The molecule has 1 atom stereocenters. The summed E-state index contributed by atoms with van der Waals surface area (Å²) in [5, 5.41) is 0.531. The highest BCUT2D eigenvalue weighted by Crippen LogP contribution is 2.18. The number of rotatable bonds is 1. The van der Waals surface area contributed by atoms with Crippen molar-refractivity contribution in [3.63, 3.8) is 0 Å². The fraction of sp³-hybridized carbons (Fsp3) is 0.200. The lowest BCUT2D eigenvalue weighted by atomic mass is 10.7. The third kappa shape index (κ3) is 2.21. The van der Waals surface area contributed by atoms with Gasteiger partial charge in [0, 0.05) is 12.5 Å². The second kappa shape index (κ2) is 3.60. The monoisotopic (exact) mass is 254 g/mol. The molecule has 1 aromatic rings. The van der Waals surface area contributed by atoms with Crippen LogP contribution in [0.3, 0.4) is 0 Å². The fourth-order valence-electron chi connectivity index (χ4n) is 0.470. The van der Waals surface area contributed by atoms with Gasteiger partial charge in [0.1, 0.15) is 5.15 Å². The van der Waals surface area contributed by atoms with E-state index in [9.17, 15) is 4.21 Å². The van der Waals surface area contributed by atoms with Gasteiger partial charge < -0.3 is 0 Å². The van der Waals surface area contributed by atoms with Gasteiger partial charge in [0.2, 0.25) is 5.16 Å². The minimum atomic E-state index is -1.18. The maximum atomic E-state index is 10.8. The van der Waals surface area contributed by atoms with Crippen molar-refractivity contribution >= 4 is 38.3 Å². The number of nitrogens with zero attached hydrogens (tertiary/aromatic N) is 2. The van der Waals surface area contributed by atoms with Crippen molar-refractivity contribution in [1.29, 1.82) is 0 Å². The average molecular weight is 256 g/mol. The number of aromatic nitrogens is 2. The molecule has 0 fully saturated rings. The van der Waals surface area contributed by atoms with Crippen molar-refractivity contribution in [2.45, 2.75) is 5.16 Å². The number of hydrogen-bond acceptors (Lipinski definition) is 3. The van der Waals surface area contributed by atoms with Gasteiger partial charge in [-0.3, -0.25) is 4.21 Å². The van der Waals surface area contributed by atoms with Gasteiger partial charge in [0.15, 0.2) is 0 Å². The summed E-state index contributed by atoms with van der Waals surface area (Å²) in [6.07, 6.45) is 2.98. The zero-order valence-corrected chi connectivity index (χ0v) is 8.70. The molecule has 0 amide bonds. The molecule has 0 aliphatic carbocycles. The molecule has 1 heterocycles. The van der Waals surface area contributed by atoms with Crippen molar-refractivity contribution in [1.82, 2.24) is 9.97 Å². The van der Waals surface area contributed by atoms with E-state index in [1.54, 1.807) is 0 Å². The van der Waals surface area contributed by atoms with Gasteiger partial charge in [0.05, 0.1) is 15.3 Å². The molecule has 0 spiro atoms. The summed E-state index contributed by atoms with van der Waals surface area (Å²) >= 11 is 8.75. The van der Waals surface area contributed by atoms with Crippen LogP contribution in [0.4, 0.5) is 0 Å². The molecule has 60 valence electrons. The van der Waals surface area contributed by atoms with Crippen LogP contribution in [0.25, 0.3) is 0 Å². The summed E-state index contributed by atoms with van der Waals surface area (Å²) in [6, 6.07) is 0. The first-order valence-electron chi connectivity index (χ1n) is 2.62. The van der Waals surface area contributed by atoms with Crippen LogP contribution >= 0.6 is 27.5 Å². The van der Waals surface area contributed by atoms with Crippen molar-refractivity contribution in [2.24, 2.45) is 0 Å². The van der Waals surface area contributed by atoms with E-state index >= 15 is 0 Å². The van der Waals surface area contributed by atoms with Gasteiger partial charge in [-0.15, -0.1) is 0 Å². The summed E-state index contributed by atoms with van der Waals surface area (Å²) in [6.45, 7) is 0. The summed E-state index contributed by atoms with van der Waals surface area (Å²) in [7, 11) is -1.18. The van der Waals surface area contributed by atoms with Crippen molar-refractivity contribution in [2.75, 3.05) is 6.26 Å². The molecule has 0 aliphatic heterocycles. The third-order valence-electron chi connectivity index (χ3n) is 0.936. The maximum Gasteiger partial charge on any atom is 0.219 e. The van der Waals surface area contributed by atoms with Gasteiger partial charge >= 0.3 is 0 Å². The Morgan fingerprint density at radius 3 is 2.82 bits per heavy atom. The topological polar surface area (TPSA) is 42.9 Å². The molecule has 0 unspecified atom stereocenters. The molecule has 3 nitrogen and oxygen atoms in total.